The van der Waals surface area contributed by atoms with Gasteiger partial charge in [-0.25, -0.2) is 4.39 Å². The summed E-state index contributed by atoms with van der Waals surface area (Å²) in [5.74, 6) is 0.246. The van der Waals surface area contributed by atoms with Crippen molar-refractivity contribution in [2.45, 2.75) is 37.5 Å². The highest BCUT2D eigenvalue weighted by atomic mass is 19.1. The number of carbonyl (C=O) groups is 1. The summed E-state index contributed by atoms with van der Waals surface area (Å²) in [4.78, 5) is 13.1. The van der Waals surface area contributed by atoms with Crippen molar-refractivity contribution in [2.24, 2.45) is 5.92 Å². The average Bonchev–Trinajstić information content (AvgIpc) is 3.43. The summed E-state index contributed by atoms with van der Waals surface area (Å²) in [7, 11) is 1.68. The third kappa shape index (κ3) is 4.04. The zero-order valence-electron chi connectivity index (χ0n) is 15.5. The number of hydrogen-bond donors (Lipinski definition) is 2. The summed E-state index contributed by atoms with van der Waals surface area (Å²) in [6.07, 6.45) is 3.00. The Morgan fingerprint density at radius 2 is 1.93 bits per heavy atom. The number of hydrogen-bond acceptors (Lipinski definition) is 3. The number of methoxy groups -OCH3 is 1. The van der Waals surface area contributed by atoms with Crippen LogP contribution in [-0.2, 0) is 16.0 Å². The normalized spacial score (nSPS) is 22.3. The van der Waals surface area contributed by atoms with E-state index in [2.05, 4.69) is 22.8 Å². The van der Waals surface area contributed by atoms with E-state index in [4.69, 9.17) is 4.74 Å². The minimum absolute atomic E-state index is 0.0953. The van der Waals surface area contributed by atoms with Crippen LogP contribution in [0.15, 0.2) is 48.5 Å². The van der Waals surface area contributed by atoms with Gasteiger partial charge in [0, 0.05) is 7.11 Å². The van der Waals surface area contributed by atoms with Gasteiger partial charge in [0.25, 0.3) is 0 Å². The maximum absolute atomic E-state index is 13.3. The van der Waals surface area contributed by atoms with Crippen LogP contribution < -0.4 is 10.6 Å². The predicted molar refractivity (Wildman–Crippen MR) is 102 cm³/mol. The van der Waals surface area contributed by atoms with Crippen LogP contribution in [0, 0.1) is 11.7 Å². The predicted octanol–water partition coefficient (Wildman–Crippen LogP) is 3.30. The number of benzene rings is 2. The van der Waals surface area contributed by atoms with E-state index in [-0.39, 0.29) is 23.9 Å². The lowest BCUT2D eigenvalue weighted by Gasteiger charge is -2.25. The molecule has 1 unspecified atom stereocenters. The highest BCUT2D eigenvalue weighted by Crippen LogP contribution is 2.34. The van der Waals surface area contributed by atoms with Crippen LogP contribution in [0.4, 0.5) is 4.39 Å². The molecule has 27 heavy (non-hydrogen) atoms. The van der Waals surface area contributed by atoms with Gasteiger partial charge in [0.15, 0.2) is 0 Å². The van der Waals surface area contributed by atoms with Gasteiger partial charge < -0.3 is 15.4 Å². The van der Waals surface area contributed by atoms with Crippen molar-refractivity contribution in [3.8, 4) is 0 Å². The maximum atomic E-state index is 13.3. The number of amides is 1. The minimum atomic E-state index is -0.493. The van der Waals surface area contributed by atoms with Gasteiger partial charge >= 0.3 is 0 Å². The van der Waals surface area contributed by atoms with Crippen LogP contribution in [0.1, 0.15) is 41.7 Å². The molecule has 1 saturated carbocycles. The molecule has 0 heterocycles. The van der Waals surface area contributed by atoms with Gasteiger partial charge in [0.05, 0.1) is 6.04 Å². The van der Waals surface area contributed by atoms with Gasteiger partial charge in [-0.1, -0.05) is 36.4 Å². The van der Waals surface area contributed by atoms with Crippen molar-refractivity contribution >= 4 is 5.91 Å². The SMILES string of the molecule is CO[C@@H]1c2ccccc2C[C@H]1NC(=O)C(NCC1CC1)c1ccc(F)cc1. The number of fused-ring (bicyclic) bond motifs is 1. The van der Waals surface area contributed by atoms with Crippen molar-refractivity contribution in [3.63, 3.8) is 0 Å². The van der Waals surface area contributed by atoms with Crippen molar-refractivity contribution in [3.05, 3.63) is 71.0 Å². The van der Waals surface area contributed by atoms with Gasteiger partial charge in [-0.3, -0.25) is 4.79 Å². The highest BCUT2D eigenvalue weighted by Gasteiger charge is 2.35. The van der Waals surface area contributed by atoms with E-state index in [1.54, 1.807) is 19.2 Å². The second-order valence-electron chi connectivity index (χ2n) is 7.51. The molecule has 4 rings (SSSR count). The molecule has 2 aromatic rings. The van der Waals surface area contributed by atoms with E-state index in [1.165, 1.54) is 30.5 Å². The summed E-state index contributed by atoms with van der Waals surface area (Å²) in [6.45, 7) is 0.800. The molecular weight excluding hydrogens is 343 g/mol. The van der Waals surface area contributed by atoms with E-state index in [9.17, 15) is 9.18 Å². The summed E-state index contributed by atoms with van der Waals surface area (Å²) < 4.78 is 19.0. The number of halogens is 1. The first-order valence-electron chi connectivity index (χ1n) is 9.55. The first-order chi connectivity index (χ1) is 13.2. The van der Waals surface area contributed by atoms with Crippen LogP contribution in [-0.4, -0.2) is 25.6 Å². The van der Waals surface area contributed by atoms with Gasteiger partial charge in [-0.15, -0.1) is 0 Å². The molecule has 4 nitrogen and oxygen atoms in total. The van der Waals surface area contributed by atoms with Crippen LogP contribution >= 0.6 is 0 Å². The Labute approximate surface area is 159 Å². The molecule has 0 bridgehead atoms. The quantitative estimate of drug-likeness (QED) is 0.788. The van der Waals surface area contributed by atoms with Crippen LogP contribution in [0.2, 0.25) is 0 Å². The highest BCUT2D eigenvalue weighted by molar-refractivity contribution is 5.83. The molecule has 2 aliphatic rings. The fraction of sp³-hybridized carbons (Fsp3) is 0.409. The lowest BCUT2D eigenvalue weighted by atomic mass is 10.0. The molecule has 5 heteroatoms. The summed E-state index contributed by atoms with van der Waals surface area (Å²) in [5, 5.41) is 6.53. The molecule has 3 atom stereocenters. The fourth-order valence-corrected chi connectivity index (χ4v) is 3.87. The number of nitrogens with one attached hydrogen (secondary N) is 2. The van der Waals surface area contributed by atoms with Gasteiger partial charge in [-0.2, -0.15) is 0 Å². The Hall–Kier alpha value is -2.24. The Bertz CT molecular complexity index is 804. The Balaban J connectivity index is 1.50. The zero-order chi connectivity index (χ0) is 18.8. The lowest BCUT2D eigenvalue weighted by molar-refractivity contribution is -0.125. The monoisotopic (exact) mass is 368 g/mol. The summed E-state index contributed by atoms with van der Waals surface area (Å²) >= 11 is 0. The maximum Gasteiger partial charge on any atom is 0.242 e. The molecule has 1 amide bonds. The second-order valence-corrected chi connectivity index (χ2v) is 7.51. The van der Waals surface area contributed by atoms with E-state index < -0.39 is 6.04 Å². The average molecular weight is 368 g/mol. The smallest absolute Gasteiger partial charge is 0.242 e. The minimum Gasteiger partial charge on any atom is -0.375 e. The van der Waals surface area contributed by atoms with E-state index in [0.29, 0.717) is 5.92 Å². The third-order valence-corrected chi connectivity index (χ3v) is 5.52. The van der Waals surface area contributed by atoms with E-state index >= 15 is 0 Å². The van der Waals surface area contributed by atoms with Crippen molar-refractivity contribution in [1.82, 2.24) is 10.6 Å². The van der Waals surface area contributed by atoms with Crippen LogP contribution in [0.25, 0.3) is 0 Å². The molecule has 0 saturated heterocycles. The molecule has 0 aromatic heterocycles. The first kappa shape index (κ1) is 18.1. The Morgan fingerprint density at radius 3 is 2.63 bits per heavy atom. The molecular formula is C22H25FN2O2. The number of carbonyl (C=O) groups excluding carboxylic acids is 1. The summed E-state index contributed by atoms with van der Waals surface area (Å²) in [5.41, 5.74) is 3.12. The number of ether oxygens (including phenoxy) is 1. The fourth-order valence-electron chi connectivity index (χ4n) is 3.87. The standard InChI is InChI=1S/C22H25FN2O2/c1-27-21-18-5-3-2-4-16(18)12-19(21)25-22(26)20(24-13-14-6-7-14)15-8-10-17(23)11-9-15/h2-5,8-11,14,19-21,24H,6-7,12-13H2,1H3,(H,25,26)/t19-,20?,21-/m1/s1. The van der Waals surface area contributed by atoms with E-state index in [1.807, 2.05) is 12.1 Å². The Kier molecular flexibility index (Phi) is 5.23. The van der Waals surface area contributed by atoms with Crippen molar-refractivity contribution in [1.29, 1.82) is 0 Å². The molecule has 2 N–H and O–H groups in total. The molecule has 2 aromatic carbocycles. The van der Waals surface area contributed by atoms with Gasteiger partial charge in [0.1, 0.15) is 18.0 Å². The van der Waals surface area contributed by atoms with Gasteiger partial charge in [-0.05, 0) is 60.5 Å². The topological polar surface area (TPSA) is 50.4 Å². The van der Waals surface area contributed by atoms with Crippen molar-refractivity contribution in [2.75, 3.05) is 13.7 Å². The zero-order valence-corrected chi connectivity index (χ0v) is 15.5. The number of rotatable bonds is 7. The Morgan fingerprint density at radius 1 is 1.19 bits per heavy atom. The second kappa shape index (κ2) is 7.79. The van der Waals surface area contributed by atoms with Crippen LogP contribution in [0.5, 0.6) is 0 Å². The molecule has 142 valence electrons. The summed E-state index contributed by atoms with van der Waals surface area (Å²) in [6, 6.07) is 13.7. The molecule has 1 fully saturated rings. The molecule has 0 aliphatic heterocycles. The van der Waals surface area contributed by atoms with Gasteiger partial charge in [0.2, 0.25) is 5.91 Å². The van der Waals surface area contributed by atoms with E-state index in [0.717, 1.165) is 24.1 Å². The third-order valence-electron chi connectivity index (χ3n) is 5.52. The van der Waals surface area contributed by atoms with Crippen molar-refractivity contribution < 1.29 is 13.9 Å². The molecule has 2 aliphatic carbocycles. The van der Waals surface area contributed by atoms with Crippen LogP contribution in [0.3, 0.4) is 0 Å². The lowest BCUT2D eigenvalue weighted by Crippen LogP contribution is -2.45. The molecule has 0 spiro atoms. The molecule has 0 radical (unpaired) electrons. The largest absolute Gasteiger partial charge is 0.375 e. The first-order valence-corrected chi connectivity index (χ1v) is 9.55.